The Morgan fingerprint density at radius 2 is 1.74 bits per heavy atom. The van der Waals surface area contributed by atoms with E-state index in [4.69, 9.17) is 0 Å². The van der Waals surface area contributed by atoms with Crippen molar-refractivity contribution in [1.82, 2.24) is 10.2 Å². The van der Waals surface area contributed by atoms with Gasteiger partial charge in [-0.3, -0.25) is 5.32 Å². The van der Waals surface area contributed by atoms with Crippen molar-refractivity contribution < 1.29 is 9.18 Å². The zero-order chi connectivity index (χ0) is 16.1. The van der Waals surface area contributed by atoms with Gasteiger partial charge in [0.15, 0.2) is 0 Å². The maximum Gasteiger partial charge on any atom is 0.325 e. The van der Waals surface area contributed by atoms with Gasteiger partial charge in [-0.05, 0) is 37.1 Å². The molecule has 122 valence electrons. The summed E-state index contributed by atoms with van der Waals surface area (Å²) in [7, 11) is 0. The van der Waals surface area contributed by atoms with Gasteiger partial charge in [0, 0.05) is 18.8 Å². The lowest BCUT2D eigenvalue weighted by atomic mass is 10.2. The quantitative estimate of drug-likeness (QED) is 0.897. The Morgan fingerprint density at radius 1 is 1.04 bits per heavy atom. The van der Waals surface area contributed by atoms with Crippen LogP contribution >= 0.6 is 11.3 Å². The topological polar surface area (TPSA) is 70.1 Å². The average molecular weight is 335 g/mol. The molecule has 0 aliphatic carbocycles. The lowest BCUT2D eigenvalue weighted by molar-refractivity contribution is 0.262. The molecule has 6 nitrogen and oxygen atoms in total. The third-order valence-corrected chi connectivity index (χ3v) is 4.51. The number of halogens is 1. The molecule has 0 bridgehead atoms. The van der Waals surface area contributed by atoms with E-state index >= 15 is 0 Å². The van der Waals surface area contributed by atoms with Gasteiger partial charge in [0.05, 0.1) is 0 Å². The Balaban J connectivity index is 1.57. The molecule has 0 radical (unpaired) electrons. The Kier molecular flexibility index (Phi) is 5.02. The molecule has 1 aromatic carbocycles. The van der Waals surface area contributed by atoms with Crippen molar-refractivity contribution in [3.8, 4) is 0 Å². The smallest absolute Gasteiger partial charge is 0.325 e. The summed E-state index contributed by atoms with van der Waals surface area (Å²) in [5, 5.41) is 14.7. The van der Waals surface area contributed by atoms with E-state index in [2.05, 4.69) is 25.7 Å². The molecule has 8 heteroatoms. The first-order valence-corrected chi connectivity index (χ1v) is 8.44. The maximum absolute atomic E-state index is 12.8. The summed E-state index contributed by atoms with van der Waals surface area (Å²) in [6.07, 6.45) is 4.82. The highest BCUT2D eigenvalue weighted by molar-refractivity contribution is 7.19. The van der Waals surface area contributed by atoms with Crippen molar-refractivity contribution in [3.63, 3.8) is 0 Å². The number of nitrogens with one attached hydrogen (secondary N) is 2. The molecule has 2 amide bonds. The molecule has 1 aromatic heterocycles. The molecule has 1 aliphatic rings. The van der Waals surface area contributed by atoms with E-state index in [1.54, 1.807) is 0 Å². The van der Waals surface area contributed by atoms with Gasteiger partial charge in [0.2, 0.25) is 10.3 Å². The van der Waals surface area contributed by atoms with Crippen LogP contribution in [0.25, 0.3) is 0 Å². The van der Waals surface area contributed by atoms with Crippen molar-refractivity contribution in [2.24, 2.45) is 0 Å². The van der Waals surface area contributed by atoms with E-state index in [0.717, 1.165) is 31.1 Å². The van der Waals surface area contributed by atoms with Crippen molar-refractivity contribution in [1.29, 1.82) is 0 Å². The number of nitrogens with zero attached hydrogens (tertiary/aromatic N) is 3. The van der Waals surface area contributed by atoms with Crippen LogP contribution in [0.2, 0.25) is 0 Å². The van der Waals surface area contributed by atoms with Gasteiger partial charge in [0.25, 0.3) is 0 Å². The fraction of sp³-hybridized carbons (Fsp3) is 0.400. The molecule has 0 spiro atoms. The molecule has 1 aliphatic heterocycles. The molecule has 3 rings (SSSR count). The lowest BCUT2D eigenvalue weighted by Crippen LogP contribution is -2.23. The molecule has 1 saturated heterocycles. The molecule has 1 fully saturated rings. The molecular formula is C15H18FN5OS. The highest BCUT2D eigenvalue weighted by Crippen LogP contribution is 2.26. The van der Waals surface area contributed by atoms with Gasteiger partial charge in [-0.1, -0.05) is 24.2 Å². The molecule has 2 N–H and O–H groups in total. The summed E-state index contributed by atoms with van der Waals surface area (Å²) in [5.74, 6) is -0.345. The average Bonchev–Trinajstić information content (AvgIpc) is 2.83. The predicted octanol–water partition coefficient (Wildman–Crippen LogP) is 3.70. The fourth-order valence-electron chi connectivity index (χ4n) is 2.45. The Hall–Kier alpha value is -2.22. The van der Waals surface area contributed by atoms with Crippen molar-refractivity contribution in [2.75, 3.05) is 28.6 Å². The summed E-state index contributed by atoms with van der Waals surface area (Å²) in [6, 6.07) is 5.15. The van der Waals surface area contributed by atoms with E-state index in [1.165, 1.54) is 48.4 Å². The maximum atomic E-state index is 12.8. The highest BCUT2D eigenvalue weighted by atomic mass is 32.1. The Morgan fingerprint density at radius 3 is 2.43 bits per heavy atom. The van der Waals surface area contributed by atoms with Crippen LogP contribution in [0.15, 0.2) is 24.3 Å². The van der Waals surface area contributed by atoms with Crippen molar-refractivity contribution in [3.05, 3.63) is 30.1 Å². The predicted molar refractivity (Wildman–Crippen MR) is 89.6 cm³/mol. The third kappa shape index (κ3) is 4.38. The van der Waals surface area contributed by atoms with Gasteiger partial charge in [0.1, 0.15) is 5.82 Å². The zero-order valence-electron chi connectivity index (χ0n) is 12.6. The van der Waals surface area contributed by atoms with Crippen LogP contribution in [0.3, 0.4) is 0 Å². The van der Waals surface area contributed by atoms with Gasteiger partial charge in [-0.25, -0.2) is 9.18 Å². The van der Waals surface area contributed by atoms with Crippen LogP contribution in [0, 0.1) is 5.82 Å². The summed E-state index contributed by atoms with van der Waals surface area (Å²) < 4.78 is 12.8. The van der Waals surface area contributed by atoms with Crippen LogP contribution < -0.4 is 15.5 Å². The minimum Gasteiger partial charge on any atom is -0.347 e. The summed E-state index contributed by atoms with van der Waals surface area (Å²) in [6.45, 7) is 1.97. The highest BCUT2D eigenvalue weighted by Gasteiger charge is 2.15. The first-order chi connectivity index (χ1) is 11.2. The normalized spacial score (nSPS) is 15.1. The van der Waals surface area contributed by atoms with Crippen molar-refractivity contribution in [2.45, 2.75) is 25.7 Å². The Bertz CT molecular complexity index is 652. The van der Waals surface area contributed by atoms with E-state index in [1.807, 2.05) is 0 Å². The number of aromatic nitrogens is 2. The first kappa shape index (κ1) is 15.7. The number of urea groups is 1. The van der Waals surface area contributed by atoms with Crippen LogP contribution in [-0.2, 0) is 0 Å². The number of carbonyl (C=O) groups excluding carboxylic acids is 1. The monoisotopic (exact) mass is 335 g/mol. The fourth-order valence-corrected chi connectivity index (χ4v) is 3.24. The van der Waals surface area contributed by atoms with E-state index in [0.29, 0.717) is 10.8 Å². The van der Waals surface area contributed by atoms with Crippen LogP contribution in [0.5, 0.6) is 0 Å². The van der Waals surface area contributed by atoms with Crippen LogP contribution in [0.4, 0.5) is 25.1 Å². The Labute approximate surface area is 137 Å². The number of rotatable bonds is 3. The van der Waals surface area contributed by atoms with Gasteiger partial charge in [-0.2, -0.15) is 0 Å². The van der Waals surface area contributed by atoms with E-state index in [9.17, 15) is 9.18 Å². The van der Waals surface area contributed by atoms with Gasteiger partial charge >= 0.3 is 6.03 Å². The minimum atomic E-state index is -0.421. The number of hydrogen-bond acceptors (Lipinski definition) is 5. The number of hydrogen-bond donors (Lipinski definition) is 2. The summed E-state index contributed by atoms with van der Waals surface area (Å²) in [4.78, 5) is 14.1. The number of anilines is 3. The second-order valence-electron chi connectivity index (χ2n) is 5.38. The summed E-state index contributed by atoms with van der Waals surface area (Å²) in [5.41, 5.74) is 0.515. The standard InChI is InChI=1S/C15H18FN5OS/c16-11-5-7-12(8-6-11)17-13(22)18-14-19-20-15(23-14)21-9-3-1-2-4-10-21/h5-8H,1-4,9-10H2,(H2,17,18,19,22). The third-order valence-electron chi connectivity index (χ3n) is 3.61. The second kappa shape index (κ2) is 7.36. The number of carbonyl (C=O) groups is 1. The molecule has 0 saturated carbocycles. The lowest BCUT2D eigenvalue weighted by Gasteiger charge is -2.17. The SMILES string of the molecule is O=C(Nc1ccc(F)cc1)Nc1nnc(N2CCCCCC2)s1. The first-order valence-electron chi connectivity index (χ1n) is 7.63. The zero-order valence-corrected chi connectivity index (χ0v) is 13.4. The van der Waals surface area contributed by atoms with Crippen LogP contribution in [-0.4, -0.2) is 29.3 Å². The van der Waals surface area contributed by atoms with Crippen molar-refractivity contribution >= 4 is 33.3 Å². The molecule has 0 unspecified atom stereocenters. The molecular weight excluding hydrogens is 317 g/mol. The largest absolute Gasteiger partial charge is 0.347 e. The second-order valence-corrected chi connectivity index (χ2v) is 6.33. The number of amides is 2. The van der Waals surface area contributed by atoms with E-state index in [-0.39, 0.29) is 5.82 Å². The molecule has 23 heavy (non-hydrogen) atoms. The van der Waals surface area contributed by atoms with E-state index < -0.39 is 6.03 Å². The number of benzene rings is 1. The van der Waals surface area contributed by atoms with Crippen LogP contribution in [0.1, 0.15) is 25.7 Å². The van der Waals surface area contributed by atoms with Gasteiger partial charge < -0.3 is 10.2 Å². The van der Waals surface area contributed by atoms with Gasteiger partial charge in [-0.15, -0.1) is 10.2 Å². The molecule has 0 atom stereocenters. The minimum absolute atomic E-state index is 0.345. The summed E-state index contributed by atoms with van der Waals surface area (Å²) >= 11 is 1.36. The molecule has 2 aromatic rings. The molecule has 2 heterocycles.